The smallest absolute Gasteiger partial charge is 0.179 e. The van der Waals surface area contributed by atoms with Crippen LogP contribution in [0.5, 0.6) is 0 Å². The van der Waals surface area contributed by atoms with Crippen molar-refractivity contribution >= 4 is 0 Å². The topological polar surface area (TPSA) is 19.9 Å². The highest BCUT2D eigenvalue weighted by molar-refractivity contribution is 5.60. The van der Waals surface area contributed by atoms with Crippen molar-refractivity contribution in [1.29, 1.82) is 0 Å². The van der Waals surface area contributed by atoms with Crippen molar-refractivity contribution in [2.24, 2.45) is 0 Å². The first kappa shape index (κ1) is 4.62. The zero-order chi connectivity index (χ0) is 6.27. The molecular weight excluding hydrogens is 112 g/mol. The van der Waals surface area contributed by atoms with Crippen LogP contribution < -0.4 is 0 Å². The molecule has 0 saturated carbocycles. The molecule has 0 unspecified atom stereocenters. The van der Waals surface area contributed by atoms with Gasteiger partial charge in [0.25, 0.3) is 0 Å². The maximum absolute atomic E-state index is 10.6. The van der Waals surface area contributed by atoms with Crippen LogP contribution in [0.4, 0.5) is 0 Å². The van der Waals surface area contributed by atoms with Gasteiger partial charge in [-0.3, -0.25) is 5.11 Å². The summed E-state index contributed by atoms with van der Waals surface area (Å²) in [5, 5.41) is 10.6. The molecule has 1 heteroatoms. The monoisotopic (exact) mass is 117 g/mol. The van der Waals surface area contributed by atoms with Gasteiger partial charge in [-0.05, 0) is 23.3 Å². The van der Waals surface area contributed by atoms with Crippen molar-refractivity contribution in [3.05, 3.63) is 47.3 Å². The maximum atomic E-state index is 10.6. The summed E-state index contributed by atoms with van der Waals surface area (Å²) in [6, 6.07) is 0. The van der Waals surface area contributed by atoms with Crippen LogP contribution >= 0.6 is 0 Å². The van der Waals surface area contributed by atoms with Gasteiger partial charge >= 0.3 is 0 Å². The van der Waals surface area contributed by atoms with E-state index in [4.69, 9.17) is 0 Å². The first-order chi connectivity index (χ1) is 4.36. The third kappa shape index (κ3) is 0.545. The van der Waals surface area contributed by atoms with Gasteiger partial charge in [0.15, 0.2) is 5.76 Å². The van der Waals surface area contributed by atoms with Gasteiger partial charge in [-0.15, -0.1) is 0 Å². The first-order valence-electron chi connectivity index (χ1n) is 2.85. The summed E-state index contributed by atoms with van der Waals surface area (Å²) in [5.41, 5.74) is 2.11. The molecule has 2 aliphatic rings. The molecule has 0 fully saturated rings. The molecular formula is C8H5O. The van der Waals surface area contributed by atoms with Crippen molar-refractivity contribution in [2.45, 2.75) is 0 Å². The number of rotatable bonds is 0. The Morgan fingerprint density at radius 1 is 1.11 bits per heavy atom. The molecule has 0 heterocycles. The molecule has 0 aromatic rings. The van der Waals surface area contributed by atoms with Crippen molar-refractivity contribution < 1.29 is 5.11 Å². The van der Waals surface area contributed by atoms with Crippen LogP contribution in [0.2, 0.25) is 0 Å². The highest BCUT2D eigenvalue weighted by Gasteiger charge is 2.11. The molecule has 0 atom stereocenters. The number of hydrogen-bond donors (Lipinski definition) is 0. The van der Waals surface area contributed by atoms with Crippen molar-refractivity contribution in [3.63, 3.8) is 0 Å². The van der Waals surface area contributed by atoms with Gasteiger partial charge in [-0.1, -0.05) is 18.2 Å². The second kappa shape index (κ2) is 1.38. The second-order valence-electron chi connectivity index (χ2n) is 2.13. The summed E-state index contributed by atoms with van der Waals surface area (Å²) in [6.45, 7) is 0. The summed E-state index contributed by atoms with van der Waals surface area (Å²) < 4.78 is 0. The normalized spacial score (nSPS) is 21.1. The van der Waals surface area contributed by atoms with Crippen LogP contribution in [-0.2, 0) is 5.11 Å². The van der Waals surface area contributed by atoms with E-state index in [9.17, 15) is 5.11 Å². The Balaban J connectivity index is 2.53. The van der Waals surface area contributed by atoms with Crippen LogP contribution in [0.1, 0.15) is 0 Å². The molecule has 0 aromatic carbocycles. The first-order valence-corrected chi connectivity index (χ1v) is 2.85. The molecule has 43 valence electrons. The molecule has 9 heavy (non-hydrogen) atoms. The van der Waals surface area contributed by atoms with Crippen LogP contribution in [0, 0.1) is 0 Å². The van der Waals surface area contributed by atoms with Crippen molar-refractivity contribution in [3.8, 4) is 0 Å². The van der Waals surface area contributed by atoms with Gasteiger partial charge in [0.05, 0.1) is 0 Å². The molecule has 0 bridgehead atoms. The third-order valence-electron chi connectivity index (χ3n) is 1.48. The quantitative estimate of drug-likeness (QED) is 0.460. The zero-order valence-electron chi connectivity index (χ0n) is 4.79. The minimum atomic E-state index is 0.112. The molecule has 1 nitrogen and oxygen atoms in total. The van der Waals surface area contributed by atoms with Crippen LogP contribution in [0.25, 0.3) is 0 Å². The molecule has 1 radical (unpaired) electrons. The SMILES string of the molecule is [O]C1=CC2=CC=CC2=C1. The van der Waals surface area contributed by atoms with E-state index >= 15 is 0 Å². The summed E-state index contributed by atoms with van der Waals surface area (Å²) >= 11 is 0. The van der Waals surface area contributed by atoms with Gasteiger partial charge in [0.1, 0.15) is 0 Å². The lowest BCUT2D eigenvalue weighted by Crippen LogP contribution is -1.67. The number of allylic oxidation sites excluding steroid dienone is 7. The molecule has 2 aliphatic carbocycles. The average Bonchev–Trinajstić information content (AvgIpc) is 2.22. The minimum Gasteiger partial charge on any atom is -0.290 e. The Hall–Kier alpha value is -1.24. The second-order valence-corrected chi connectivity index (χ2v) is 2.13. The van der Waals surface area contributed by atoms with Crippen LogP contribution in [0.15, 0.2) is 47.3 Å². The Kier molecular flexibility index (Phi) is 0.707. The van der Waals surface area contributed by atoms with Crippen LogP contribution in [-0.4, -0.2) is 0 Å². The van der Waals surface area contributed by atoms with E-state index in [0.29, 0.717) is 0 Å². The summed E-state index contributed by atoms with van der Waals surface area (Å²) in [6.07, 6.45) is 9.13. The van der Waals surface area contributed by atoms with E-state index in [1.165, 1.54) is 0 Å². The minimum absolute atomic E-state index is 0.112. The lowest BCUT2D eigenvalue weighted by atomic mass is 10.2. The Morgan fingerprint density at radius 2 is 2.00 bits per heavy atom. The Labute approximate surface area is 53.3 Å². The fraction of sp³-hybridized carbons (Fsp3) is 0. The molecule has 0 amide bonds. The highest BCUT2D eigenvalue weighted by atomic mass is 16.3. The predicted molar refractivity (Wildman–Crippen MR) is 34.1 cm³/mol. The molecule has 0 N–H and O–H groups in total. The van der Waals surface area contributed by atoms with E-state index < -0.39 is 0 Å². The average molecular weight is 117 g/mol. The lowest BCUT2D eigenvalue weighted by molar-refractivity contribution is 0.317. The predicted octanol–water partition coefficient (Wildman–Crippen LogP) is 1.74. The standard InChI is InChI=1S/C8H5O/c9-8-4-6-2-1-3-7(6)5-8/h1-5H. The van der Waals surface area contributed by atoms with E-state index in [1.807, 2.05) is 18.2 Å². The Morgan fingerprint density at radius 3 is 2.78 bits per heavy atom. The van der Waals surface area contributed by atoms with Crippen molar-refractivity contribution in [1.82, 2.24) is 0 Å². The van der Waals surface area contributed by atoms with E-state index in [2.05, 4.69) is 0 Å². The lowest BCUT2D eigenvalue weighted by Gasteiger charge is -1.84. The molecule has 2 rings (SSSR count). The fourth-order valence-electron chi connectivity index (χ4n) is 1.06. The molecule has 0 spiro atoms. The van der Waals surface area contributed by atoms with Gasteiger partial charge in [0, 0.05) is 0 Å². The third-order valence-corrected chi connectivity index (χ3v) is 1.48. The summed E-state index contributed by atoms with van der Waals surface area (Å²) in [4.78, 5) is 0. The van der Waals surface area contributed by atoms with Crippen molar-refractivity contribution in [2.75, 3.05) is 0 Å². The largest absolute Gasteiger partial charge is 0.290 e. The van der Waals surface area contributed by atoms with Gasteiger partial charge in [-0.2, -0.15) is 0 Å². The fourth-order valence-corrected chi connectivity index (χ4v) is 1.06. The molecule has 0 aromatic heterocycles. The molecule has 0 aliphatic heterocycles. The number of hydrogen-bond acceptors (Lipinski definition) is 0. The van der Waals surface area contributed by atoms with Gasteiger partial charge in [-0.25, -0.2) is 0 Å². The number of fused-ring (bicyclic) bond motifs is 1. The maximum Gasteiger partial charge on any atom is 0.179 e. The zero-order valence-corrected chi connectivity index (χ0v) is 4.79. The van der Waals surface area contributed by atoms with E-state index in [1.54, 1.807) is 12.2 Å². The van der Waals surface area contributed by atoms with Crippen LogP contribution in [0.3, 0.4) is 0 Å². The summed E-state index contributed by atoms with van der Waals surface area (Å²) in [5.74, 6) is 0.112. The van der Waals surface area contributed by atoms with Gasteiger partial charge in [0.2, 0.25) is 0 Å². The van der Waals surface area contributed by atoms with E-state index in [0.717, 1.165) is 11.1 Å². The highest BCUT2D eigenvalue weighted by Crippen LogP contribution is 2.27. The van der Waals surface area contributed by atoms with E-state index in [-0.39, 0.29) is 5.76 Å². The molecule has 0 saturated heterocycles. The van der Waals surface area contributed by atoms with Gasteiger partial charge < -0.3 is 0 Å². The summed E-state index contributed by atoms with van der Waals surface area (Å²) in [7, 11) is 0. The Bertz CT molecular complexity index is 264.